The highest BCUT2D eigenvalue weighted by molar-refractivity contribution is 4.87. The average Bonchev–Trinajstić information content (AvgIpc) is 2.10. The van der Waals surface area contributed by atoms with Gasteiger partial charge in [-0.25, -0.2) is 4.39 Å². The lowest BCUT2D eigenvalue weighted by Crippen LogP contribution is -2.33. The van der Waals surface area contributed by atoms with Gasteiger partial charge in [-0.3, -0.25) is 0 Å². The molecule has 0 aromatic heterocycles. The molecule has 1 saturated heterocycles. The molecule has 0 aromatic carbocycles. The van der Waals surface area contributed by atoms with Crippen LogP contribution in [0.3, 0.4) is 0 Å². The molecule has 54 valence electrons. The van der Waals surface area contributed by atoms with Gasteiger partial charge in [0.1, 0.15) is 6.17 Å². The fraction of sp³-hybridized carbons (Fsp3) is 1.00. The Bertz CT molecular complexity index is 99.1. The van der Waals surface area contributed by atoms with E-state index < -0.39 is 6.17 Å². The molecule has 0 spiro atoms. The molecule has 2 N–H and O–H groups in total. The number of hydrogen-bond acceptors (Lipinski definition) is 2. The lowest BCUT2D eigenvalue weighted by atomic mass is 10.2. The summed E-state index contributed by atoms with van der Waals surface area (Å²) < 4.78 is 12.6. The molecule has 0 saturated carbocycles. The van der Waals surface area contributed by atoms with E-state index in [-0.39, 0.29) is 18.7 Å². The van der Waals surface area contributed by atoms with Crippen molar-refractivity contribution in [1.29, 1.82) is 0 Å². The number of aliphatic hydroxyl groups is 1. The van der Waals surface area contributed by atoms with Crippen molar-refractivity contribution < 1.29 is 9.50 Å². The van der Waals surface area contributed by atoms with Gasteiger partial charge in [0.25, 0.3) is 0 Å². The lowest BCUT2D eigenvalue weighted by molar-refractivity contribution is 0.196. The predicted molar refractivity (Wildman–Crippen MR) is 33.0 cm³/mol. The molecular weight excluding hydrogens is 121 g/mol. The smallest absolute Gasteiger partial charge is 0.119 e. The van der Waals surface area contributed by atoms with Gasteiger partial charge in [0, 0.05) is 6.04 Å². The molecule has 1 fully saturated rings. The maximum absolute atomic E-state index is 12.6. The minimum atomic E-state index is -0.856. The van der Waals surface area contributed by atoms with E-state index >= 15 is 0 Å². The summed E-state index contributed by atoms with van der Waals surface area (Å²) in [6.45, 7) is 1.83. The maximum Gasteiger partial charge on any atom is 0.119 e. The summed E-state index contributed by atoms with van der Waals surface area (Å²) in [6, 6.07) is -0.0999. The largest absolute Gasteiger partial charge is 0.395 e. The summed E-state index contributed by atoms with van der Waals surface area (Å²) in [5.74, 6) is 0. The number of rotatable bonds is 1. The lowest BCUT2D eigenvalue weighted by Gasteiger charge is -2.08. The minimum absolute atomic E-state index is 0.0918. The molecule has 1 aliphatic rings. The Labute approximate surface area is 54.1 Å². The molecule has 0 bridgehead atoms. The van der Waals surface area contributed by atoms with Gasteiger partial charge >= 0.3 is 0 Å². The molecule has 1 unspecified atom stereocenters. The van der Waals surface area contributed by atoms with Gasteiger partial charge < -0.3 is 10.4 Å². The van der Waals surface area contributed by atoms with Crippen LogP contribution in [0.5, 0.6) is 0 Å². The Kier molecular flexibility index (Phi) is 2.03. The molecule has 0 amide bonds. The van der Waals surface area contributed by atoms with E-state index in [4.69, 9.17) is 5.11 Å². The zero-order valence-electron chi connectivity index (χ0n) is 5.47. The molecule has 0 aliphatic carbocycles. The van der Waals surface area contributed by atoms with E-state index in [9.17, 15) is 4.39 Å². The monoisotopic (exact) mass is 133 g/mol. The highest BCUT2D eigenvalue weighted by atomic mass is 19.1. The van der Waals surface area contributed by atoms with Crippen LogP contribution < -0.4 is 5.32 Å². The Hall–Kier alpha value is -0.150. The van der Waals surface area contributed by atoms with Crippen molar-refractivity contribution >= 4 is 0 Å². The predicted octanol–water partition coefficient (Wildman–Crippen LogP) is 0.0672. The second kappa shape index (κ2) is 2.62. The minimum Gasteiger partial charge on any atom is -0.395 e. The van der Waals surface area contributed by atoms with Crippen LogP contribution >= 0.6 is 0 Å². The molecule has 9 heavy (non-hydrogen) atoms. The third-order valence-electron chi connectivity index (χ3n) is 1.71. The number of aliphatic hydroxyl groups excluding tert-OH is 1. The Morgan fingerprint density at radius 3 is 2.67 bits per heavy atom. The van der Waals surface area contributed by atoms with Gasteiger partial charge in [-0.1, -0.05) is 0 Å². The summed E-state index contributed by atoms with van der Waals surface area (Å²) in [7, 11) is 0. The molecule has 2 nitrogen and oxygen atoms in total. The first-order valence-corrected chi connectivity index (χ1v) is 3.25. The number of hydrogen-bond donors (Lipinski definition) is 2. The summed E-state index contributed by atoms with van der Waals surface area (Å²) in [6.07, 6.45) is -0.324. The molecule has 1 rings (SSSR count). The molecule has 0 radical (unpaired) electrons. The summed E-state index contributed by atoms with van der Waals surface area (Å²) in [4.78, 5) is 0. The van der Waals surface area contributed by atoms with E-state index in [0.29, 0.717) is 6.42 Å². The first kappa shape index (κ1) is 6.96. The van der Waals surface area contributed by atoms with E-state index in [0.717, 1.165) is 0 Å². The van der Waals surface area contributed by atoms with Gasteiger partial charge in [0.15, 0.2) is 0 Å². The third-order valence-corrected chi connectivity index (χ3v) is 1.71. The number of nitrogens with one attached hydrogen (secondary N) is 1. The van der Waals surface area contributed by atoms with Gasteiger partial charge in [-0.2, -0.15) is 0 Å². The molecule has 1 heterocycles. The first-order chi connectivity index (χ1) is 4.24. The highest BCUT2D eigenvalue weighted by Gasteiger charge is 2.30. The Morgan fingerprint density at radius 1 is 1.78 bits per heavy atom. The topological polar surface area (TPSA) is 32.3 Å². The van der Waals surface area contributed by atoms with Gasteiger partial charge in [0.2, 0.25) is 0 Å². The summed E-state index contributed by atoms with van der Waals surface area (Å²) >= 11 is 0. The maximum atomic E-state index is 12.6. The second-order valence-corrected chi connectivity index (χ2v) is 2.61. The molecular formula is C6H12FNO. The summed E-state index contributed by atoms with van der Waals surface area (Å²) in [5.41, 5.74) is 0. The second-order valence-electron chi connectivity index (χ2n) is 2.61. The quantitative estimate of drug-likeness (QED) is 0.530. The summed E-state index contributed by atoms with van der Waals surface area (Å²) in [5, 5.41) is 11.5. The Morgan fingerprint density at radius 2 is 2.44 bits per heavy atom. The van der Waals surface area contributed by atoms with Gasteiger partial charge in [-0.05, 0) is 13.3 Å². The van der Waals surface area contributed by atoms with Crippen LogP contribution in [-0.4, -0.2) is 30.0 Å². The molecule has 3 atom stereocenters. The van der Waals surface area contributed by atoms with Gasteiger partial charge in [0.05, 0.1) is 12.6 Å². The molecule has 3 heteroatoms. The van der Waals surface area contributed by atoms with Crippen molar-refractivity contribution in [2.45, 2.75) is 31.6 Å². The van der Waals surface area contributed by atoms with Crippen LogP contribution in [0.2, 0.25) is 0 Å². The fourth-order valence-electron chi connectivity index (χ4n) is 1.21. The standard InChI is InChI=1S/C6H12FNO/c1-4-2-5(7)6(3-9)8-4/h4-6,8-9H,2-3H2,1H3/t4-,5+,6?/m1/s1. The Balaban J connectivity index is 2.38. The SMILES string of the molecule is C[C@@H]1C[C@H](F)C(CO)N1. The molecule has 1 aliphatic heterocycles. The average molecular weight is 133 g/mol. The van der Waals surface area contributed by atoms with Crippen LogP contribution in [0.15, 0.2) is 0 Å². The third kappa shape index (κ3) is 1.40. The van der Waals surface area contributed by atoms with Crippen LogP contribution in [0.4, 0.5) is 4.39 Å². The van der Waals surface area contributed by atoms with Crippen molar-refractivity contribution in [3.05, 3.63) is 0 Å². The van der Waals surface area contributed by atoms with E-state index in [1.807, 2.05) is 6.92 Å². The van der Waals surface area contributed by atoms with Crippen molar-refractivity contribution in [1.82, 2.24) is 5.32 Å². The fourth-order valence-corrected chi connectivity index (χ4v) is 1.21. The van der Waals surface area contributed by atoms with Crippen molar-refractivity contribution in [3.8, 4) is 0 Å². The molecule has 0 aromatic rings. The first-order valence-electron chi connectivity index (χ1n) is 3.25. The number of alkyl halides is 1. The van der Waals surface area contributed by atoms with Crippen molar-refractivity contribution in [2.75, 3.05) is 6.61 Å². The highest BCUT2D eigenvalue weighted by Crippen LogP contribution is 2.15. The van der Waals surface area contributed by atoms with E-state index in [2.05, 4.69) is 5.32 Å². The van der Waals surface area contributed by atoms with Crippen LogP contribution in [0.25, 0.3) is 0 Å². The zero-order chi connectivity index (χ0) is 6.85. The van der Waals surface area contributed by atoms with E-state index in [1.165, 1.54) is 0 Å². The van der Waals surface area contributed by atoms with E-state index in [1.54, 1.807) is 0 Å². The zero-order valence-corrected chi connectivity index (χ0v) is 5.47. The van der Waals surface area contributed by atoms with Crippen LogP contribution in [-0.2, 0) is 0 Å². The van der Waals surface area contributed by atoms with Crippen LogP contribution in [0, 0.1) is 0 Å². The van der Waals surface area contributed by atoms with Gasteiger partial charge in [-0.15, -0.1) is 0 Å². The van der Waals surface area contributed by atoms with Crippen molar-refractivity contribution in [2.24, 2.45) is 0 Å². The van der Waals surface area contributed by atoms with Crippen molar-refractivity contribution in [3.63, 3.8) is 0 Å². The normalized spacial score (nSPS) is 43.7. The van der Waals surface area contributed by atoms with Crippen LogP contribution in [0.1, 0.15) is 13.3 Å². The number of halogens is 1.